The largest absolute Gasteiger partial charge is 0.470 e. The lowest BCUT2D eigenvalue weighted by atomic mass is 9.94. The molecule has 0 fully saturated rings. The van der Waals surface area contributed by atoms with E-state index in [1.807, 2.05) is 6.92 Å². The number of phosphoric ester groups is 1. The third-order valence-corrected chi connectivity index (χ3v) is 7.37. The van der Waals surface area contributed by atoms with E-state index in [4.69, 9.17) is 34.3 Å². The van der Waals surface area contributed by atoms with Crippen LogP contribution >= 0.6 is 19.6 Å². The fraction of sp³-hybridized carbons (Fsp3) is 0.875. The molecule has 3 unspecified atom stereocenters. The summed E-state index contributed by atoms with van der Waals surface area (Å²) in [6.45, 7) is 12.4. The Hall–Kier alpha value is -1.01. The number of ketones is 1. The van der Waals surface area contributed by atoms with E-state index in [-0.39, 0.29) is 74.0 Å². The van der Waals surface area contributed by atoms with Gasteiger partial charge >= 0.3 is 19.8 Å². The first-order chi connectivity index (χ1) is 16.8. The van der Waals surface area contributed by atoms with E-state index in [2.05, 4.69) is 0 Å². The summed E-state index contributed by atoms with van der Waals surface area (Å²) in [4.78, 5) is 54.3. The molecule has 13 heteroatoms. The Labute approximate surface area is 225 Å². The van der Waals surface area contributed by atoms with Gasteiger partial charge in [-0.1, -0.05) is 13.8 Å². The van der Waals surface area contributed by atoms with Gasteiger partial charge in [-0.15, -0.1) is 0 Å². The Morgan fingerprint density at radius 1 is 0.919 bits per heavy atom. The first kappa shape index (κ1) is 36.0. The first-order valence-corrected chi connectivity index (χ1v) is 15.1. The number of carbonyl (C=O) groups is 3. The SMILES string of the molecule is CC(N)CC(=O)OCCCCOC(=O)CC(C)SCC(C)C(=O)C(C)(C)OCCC(C)(C)OP(=O)(O)O. The fourth-order valence-electron chi connectivity index (χ4n) is 3.22. The molecule has 0 aromatic rings. The molecular formula is C24H46NO10PS. The summed E-state index contributed by atoms with van der Waals surface area (Å²) in [5, 5.41) is -0.0448. The van der Waals surface area contributed by atoms with E-state index in [0.717, 1.165) is 0 Å². The van der Waals surface area contributed by atoms with Crippen LogP contribution in [-0.4, -0.2) is 75.6 Å². The van der Waals surface area contributed by atoms with E-state index in [9.17, 15) is 18.9 Å². The Balaban J connectivity index is 4.23. The van der Waals surface area contributed by atoms with Crippen molar-refractivity contribution >= 4 is 37.3 Å². The van der Waals surface area contributed by atoms with E-state index < -0.39 is 19.0 Å². The molecule has 0 saturated carbocycles. The molecule has 0 aromatic carbocycles. The lowest BCUT2D eigenvalue weighted by Gasteiger charge is -2.30. The summed E-state index contributed by atoms with van der Waals surface area (Å²) in [7, 11) is -4.63. The lowest BCUT2D eigenvalue weighted by Crippen LogP contribution is -2.41. The highest BCUT2D eigenvalue weighted by Crippen LogP contribution is 2.42. The number of nitrogens with two attached hydrogens (primary N) is 1. The van der Waals surface area contributed by atoms with Crippen molar-refractivity contribution in [3.05, 3.63) is 0 Å². The lowest BCUT2D eigenvalue weighted by molar-refractivity contribution is -0.146. The molecule has 4 N–H and O–H groups in total. The average molecular weight is 572 g/mol. The van der Waals surface area contributed by atoms with E-state index >= 15 is 0 Å². The molecule has 0 aliphatic carbocycles. The van der Waals surface area contributed by atoms with Gasteiger partial charge in [0.2, 0.25) is 0 Å². The quantitative estimate of drug-likeness (QED) is 0.111. The smallest absolute Gasteiger partial charge is 0.466 e. The van der Waals surface area contributed by atoms with Gasteiger partial charge in [0.1, 0.15) is 5.60 Å². The predicted molar refractivity (Wildman–Crippen MR) is 142 cm³/mol. The monoisotopic (exact) mass is 571 g/mol. The maximum atomic E-state index is 12.9. The summed E-state index contributed by atoms with van der Waals surface area (Å²) in [5.74, 6) is -0.596. The van der Waals surface area contributed by atoms with Crippen LogP contribution in [0.15, 0.2) is 0 Å². The van der Waals surface area contributed by atoms with Gasteiger partial charge < -0.3 is 29.7 Å². The number of hydrogen-bond acceptors (Lipinski definition) is 10. The number of phosphoric acid groups is 1. The molecule has 0 rings (SSSR count). The summed E-state index contributed by atoms with van der Waals surface area (Å²) in [5.41, 5.74) is 3.33. The van der Waals surface area contributed by atoms with Crippen LogP contribution in [0.5, 0.6) is 0 Å². The van der Waals surface area contributed by atoms with Crippen molar-refractivity contribution in [2.24, 2.45) is 11.7 Å². The highest BCUT2D eigenvalue weighted by molar-refractivity contribution is 7.99. The molecular weight excluding hydrogens is 525 g/mol. The minimum Gasteiger partial charge on any atom is -0.466 e. The minimum atomic E-state index is -4.63. The number of thioether (sulfide) groups is 1. The van der Waals surface area contributed by atoms with Crippen LogP contribution in [0.2, 0.25) is 0 Å². The minimum absolute atomic E-state index is 0.0448. The number of ether oxygens (including phenoxy) is 3. The number of hydrogen-bond donors (Lipinski definition) is 3. The van der Waals surface area contributed by atoms with Crippen molar-refractivity contribution < 1.29 is 47.5 Å². The molecule has 0 radical (unpaired) electrons. The third-order valence-electron chi connectivity index (χ3n) is 5.21. The Bertz CT molecular complexity index is 769. The van der Waals surface area contributed by atoms with E-state index in [0.29, 0.717) is 18.6 Å². The zero-order valence-electron chi connectivity index (χ0n) is 23.2. The number of rotatable bonds is 20. The van der Waals surface area contributed by atoms with Crippen LogP contribution in [0, 0.1) is 5.92 Å². The Morgan fingerprint density at radius 2 is 1.43 bits per heavy atom. The first-order valence-electron chi connectivity index (χ1n) is 12.5. The molecule has 218 valence electrons. The summed E-state index contributed by atoms with van der Waals surface area (Å²) in [6.07, 6.45) is 1.75. The number of unbranched alkanes of at least 4 members (excludes halogenated alkanes) is 1. The Kier molecular flexibility index (Phi) is 16.4. The molecule has 0 aliphatic rings. The van der Waals surface area contributed by atoms with Gasteiger partial charge in [0.25, 0.3) is 0 Å². The van der Waals surface area contributed by atoms with Crippen molar-refractivity contribution in [1.29, 1.82) is 0 Å². The number of carbonyl (C=O) groups excluding carboxylic acids is 3. The molecule has 37 heavy (non-hydrogen) atoms. The van der Waals surface area contributed by atoms with Gasteiger partial charge in [-0.25, -0.2) is 4.57 Å². The molecule has 0 aromatic heterocycles. The van der Waals surface area contributed by atoms with Crippen molar-refractivity contribution in [2.75, 3.05) is 25.6 Å². The number of Topliss-reactive ketones (excluding diaryl/α,β-unsaturated/α-hetero) is 1. The Morgan fingerprint density at radius 3 is 1.92 bits per heavy atom. The van der Waals surface area contributed by atoms with E-state index in [1.165, 1.54) is 25.6 Å². The predicted octanol–water partition coefficient (Wildman–Crippen LogP) is 3.38. The second kappa shape index (κ2) is 16.8. The molecule has 0 saturated heterocycles. The zero-order chi connectivity index (χ0) is 28.9. The molecule has 11 nitrogen and oxygen atoms in total. The molecule has 0 amide bonds. The van der Waals surface area contributed by atoms with Crippen LogP contribution < -0.4 is 5.73 Å². The van der Waals surface area contributed by atoms with Crippen LogP contribution in [-0.2, 0) is 37.7 Å². The summed E-state index contributed by atoms with van der Waals surface area (Å²) >= 11 is 1.50. The summed E-state index contributed by atoms with van der Waals surface area (Å²) in [6, 6.07) is -0.239. The molecule has 0 spiro atoms. The highest BCUT2D eigenvalue weighted by atomic mass is 32.2. The van der Waals surface area contributed by atoms with Gasteiger partial charge in [-0.3, -0.25) is 18.9 Å². The highest BCUT2D eigenvalue weighted by Gasteiger charge is 2.34. The third kappa shape index (κ3) is 18.8. The van der Waals surface area contributed by atoms with Gasteiger partial charge in [0.05, 0.1) is 38.3 Å². The van der Waals surface area contributed by atoms with Crippen LogP contribution in [0.3, 0.4) is 0 Å². The number of esters is 2. The van der Waals surface area contributed by atoms with Crippen LogP contribution in [0.1, 0.15) is 80.6 Å². The van der Waals surface area contributed by atoms with Crippen LogP contribution in [0.4, 0.5) is 0 Å². The molecule has 0 bridgehead atoms. The molecule has 0 heterocycles. The van der Waals surface area contributed by atoms with Gasteiger partial charge in [0.15, 0.2) is 5.78 Å². The van der Waals surface area contributed by atoms with Crippen molar-refractivity contribution in [3.63, 3.8) is 0 Å². The van der Waals surface area contributed by atoms with Crippen molar-refractivity contribution in [2.45, 2.75) is 103 Å². The standard InChI is InChI=1S/C24H46NO10PS/c1-17(22(28)24(6,7)34-13-10-23(4,5)35-36(29,30)31)16-37-19(3)15-21(27)33-12-9-8-11-32-20(26)14-18(2)25/h17-19H,8-16,25H2,1-7H3,(H2,29,30,31). The normalized spacial score (nSPS) is 15.1. The van der Waals surface area contributed by atoms with Crippen LogP contribution in [0.25, 0.3) is 0 Å². The van der Waals surface area contributed by atoms with E-state index in [1.54, 1.807) is 27.7 Å². The topological polar surface area (TPSA) is 172 Å². The zero-order valence-corrected chi connectivity index (χ0v) is 24.9. The second-order valence-corrected chi connectivity index (χ2v) is 13.0. The maximum Gasteiger partial charge on any atom is 0.470 e. The molecule has 3 atom stereocenters. The fourth-order valence-corrected chi connectivity index (χ4v) is 4.98. The maximum absolute atomic E-state index is 12.9. The van der Waals surface area contributed by atoms with Crippen molar-refractivity contribution in [1.82, 2.24) is 0 Å². The summed E-state index contributed by atoms with van der Waals surface area (Å²) < 4.78 is 31.8. The van der Waals surface area contributed by atoms with Gasteiger partial charge in [0, 0.05) is 23.0 Å². The second-order valence-electron chi connectivity index (χ2n) is 10.4. The average Bonchev–Trinajstić information content (AvgIpc) is 2.71. The van der Waals surface area contributed by atoms with Gasteiger partial charge in [-0.2, -0.15) is 11.8 Å². The van der Waals surface area contributed by atoms with Crippen molar-refractivity contribution in [3.8, 4) is 0 Å². The molecule has 0 aliphatic heterocycles. The van der Waals surface area contributed by atoms with Gasteiger partial charge in [-0.05, 0) is 53.9 Å².